The molecule has 0 saturated carbocycles. The minimum absolute atomic E-state index is 0.0439. The van der Waals surface area contributed by atoms with Gasteiger partial charge in [0.05, 0.1) is 6.04 Å². The smallest absolute Gasteiger partial charge is 0.237 e. The van der Waals surface area contributed by atoms with Crippen molar-refractivity contribution in [2.45, 2.75) is 46.3 Å². The number of hydrogen-bond donors (Lipinski definition) is 2. The van der Waals surface area contributed by atoms with E-state index in [1.807, 2.05) is 19.9 Å². The summed E-state index contributed by atoms with van der Waals surface area (Å²) >= 11 is 0. The molecule has 100 valence electrons. The van der Waals surface area contributed by atoms with Crippen LogP contribution in [0.2, 0.25) is 0 Å². The summed E-state index contributed by atoms with van der Waals surface area (Å²) in [5.41, 5.74) is 1.46. The largest absolute Gasteiger partial charge is 0.353 e. The SMILES string of the molecule is Cc1ccc(CNC(C)C(=O)NC(C)C)cc1F. The Morgan fingerprint density at radius 2 is 2.00 bits per heavy atom. The van der Waals surface area contributed by atoms with E-state index in [1.165, 1.54) is 6.07 Å². The normalized spacial score (nSPS) is 12.6. The molecule has 1 atom stereocenters. The van der Waals surface area contributed by atoms with Crippen LogP contribution in [-0.4, -0.2) is 18.0 Å². The van der Waals surface area contributed by atoms with Crippen LogP contribution < -0.4 is 10.6 Å². The van der Waals surface area contributed by atoms with E-state index in [2.05, 4.69) is 10.6 Å². The number of hydrogen-bond acceptors (Lipinski definition) is 2. The van der Waals surface area contributed by atoms with Gasteiger partial charge in [-0.2, -0.15) is 0 Å². The Labute approximate surface area is 108 Å². The highest BCUT2D eigenvalue weighted by atomic mass is 19.1. The van der Waals surface area contributed by atoms with Crippen LogP contribution in [0, 0.1) is 12.7 Å². The summed E-state index contributed by atoms with van der Waals surface area (Å²) in [5.74, 6) is -0.258. The van der Waals surface area contributed by atoms with Crippen molar-refractivity contribution >= 4 is 5.91 Å². The van der Waals surface area contributed by atoms with Gasteiger partial charge in [-0.25, -0.2) is 4.39 Å². The molecule has 0 saturated heterocycles. The topological polar surface area (TPSA) is 41.1 Å². The Morgan fingerprint density at radius 3 is 2.56 bits per heavy atom. The molecule has 0 fully saturated rings. The van der Waals surface area contributed by atoms with E-state index >= 15 is 0 Å². The molecule has 0 radical (unpaired) electrons. The molecule has 1 amide bonds. The Balaban J connectivity index is 2.49. The predicted octanol–water partition coefficient (Wildman–Crippen LogP) is 2.14. The number of nitrogens with one attached hydrogen (secondary N) is 2. The van der Waals surface area contributed by atoms with E-state index in [4.69, 9.17) is 0 Å². The molecule has 3 nitrogen and oxygen atoms in total. The molecule has 0 spiro atoms. The number of amides is 1. The van der Waals surface area contributed by atoms with Crippen molar-refractivity contribution in [1.29, 1.82) is 0 Å². The lowest BCUT2D eigenvalue weighted by Crippen LogP contribution is -2.44. The maximum Gasteiger partial charge on any atom is 0.237 e. The number of benzene rings is 1. The maximum atomic E-state index is 13.3. The van der Waals surface area contributed by atoms with Crippen molar-refractivity contribution in [2.24, 2.45) is 0 Å². The molecule has 0 heterocycles. The average molecular weight is 252 g/mol. The van der Waals surface area contributed by atoms with Crippen LogP contribution in [0.1, 0.15) is 31.9 Å². The van der Waals surface area contributed by atoms with E-state index < -0.39 is 0 Å². The number of carbonyl (C=O) groups excluding carboxylic acids is 1. The molecule has 18 heavy (non-hydrogen) atoms. The molecule has 0 aromatic heterocycles. The maximum absolute atomic E-state index is 13.3. The summed E-state index contributed by atoms with van der Waals surface area (Å²) in [6.07, 6.45) is 0. The molecule has 0 aliphatic carbocycles. The van der Waals surface area contributed by atoms with Crippen LogP contribution in [0.25, 0.3) is 0 Å². The summed E-state index contributed by atoms with van der Waals surface area (Å²) < 4.78 is 13.3. The van der Waals surface area contributed by atoms with E-state index in [9.17, 15) is 9.18 Å². The van der Waals surface area contributed by atoms with Gasteiger partial charge in [0.1, 0.15) is 5.82 Å². The second-order valence-electron chi connectivity index (χ2n) is 4.85. The van der Waals surface area contributed by atoms with Crippen LogP contribution >= 0.6 is 0 Å². The van der Waals surface area contributed by atoms with Crippen molar-refractivity contribution in [1.82, 2.24) is 10.6 Å². The Hall–Kier alpha value is -1.42. The van der Waals surface area contributed by atoms with Gasteiger partial charge in [-0.05, 0) is 44.9 Å². The number of carbonyl (C=O) groups is 1. The van der Waals surface area contributed by atoms with Gasteiger partial charge in [-0.1, -0.05) is 12.1 Å². The molecular formula is C14H21FN2O. The van der Waals surface area contributed by atoms with Crippen LogP contribution in [0.15, 0.2) is 18.2 Å². The molecule has 0 bridgehead atoms. The zero-order valence-electron chi connectivity index (χ0n) is 11.4. The third kappa shape index (κ3) is 4.45. The van der Waals surface area contributed by atoms with Crippen LogP contribution in [-0.2, 0) is 11.3 Å². The van der Waals surface area contributed by atoms with Gasteiger partial charge in [0.15, 0.2) is 0 Å². The van der Waals surface area contributed by atoms with Crippen molar-refractivity contribution in [2.75, 3.05) is 0 Å². The minimum Gasteiger partial charge on any atom is -0.353 e. The molecule has 4 heteroatoms. The van der Waals surface area contributed by atoms with Crippen molar-refractivity contribution in [3.05, 3.63) is 35.1 Å². The first-order valence-electron chi connectivity index (χ1n) is 6.19. The highest BCUT2D eigenvalue weighted by Gasteiger charge is 2.12. The Morgan fingerprint density at radius 1 is 1.33 bits per heavy atom. The van der Waals surface area contributed by atoms with Gasteiger partial charge in [-0.15, -0.1) is 0 Å². The summed E-state index contributed by atoms with van der Waals surface area (Å²) in [6, 6.07) is 4.93. The fourth-order valence-electron chi connectivity index (χ4n) is 1.52. The van der Waals surface area contributed by atoms with E-state index in [-0.39, 0.29) is 23.8 Å². The lowest BCUT2D eigenvalue weighted by atomic mass is 10.1. The highest BCUT2D eigenvalue weighted by molar-refractivity contribution is 5.81. The number of aryl methyl sites for hydroxylation is 1. The fraction of sp³-hybridized carbons (Fsp3) is 0.500. The second-order valence-corrected chi connectivity index (χ2v) is 4.85. The highest BCUT2D eigenvalue weighted by Crippen LogP contribution is 2.09. The van der Waals surface area contributed by atoms with Gasteiger partial charge in [-0.3, -0.25) is 4.79 Å². The lowest BCUT2D eigenvalue weighted by molar-refractivity contribution is -0.123. The zero-order chi connectivity index (χ0) is 13.7. The summed E-state index contributed by atoms with van der Waals surface area (Å²) in [5, 5.41) is 5.90. The fourth-order valence-corrected chi connectivity index (χ4v) is 1.52. The third-order valence-corrected chi connectivity index (χ3v) is 2.67. The molecule has 1 unspecified atom stereocenters. The van der Waals surface area contributed by atoms with E-state index in [0.29, 0.717) is 12.1 Å². The molecule has 1 rings (SSSR count). The number of halogens is 1. The van der Waals surface area contributed by atoms with Crippen LogP contribution in [0.3, 0.4) is 0 Å². The van der Waals surface area contributed by atoms with Gasteiger partial charge in [0.2, 0.25) is 5.91 Å². The summed E-state index contributed by atoms with van der Waals surface area (Å²) in [7, 11) is 0. The van der Waals surface area contributed by atoms with Crippen molar-refractivity contribution in [3.63, 3.8) is 0 Å². The predicted molar refractivity (Wildman–Crippen MR) is 70.7 cm³/mol. The Bertz CT molecular complexity index is 418. The lowest BCUT2D eigenvalue weighted by Gasteiger charge is -2.16. The Kier molecular flexibility index (Phi) is 5.28. The molecule has 1 aromatic carbocycles. The molecule has 0 aliphatic rings. The van der Waals surface area contributed by atoms with Gasteiger partial charge < -0.3 is 10.6 Å². The average Bonchev–Trinajstić information content (AvgIpc) is 2.29. The monoisotopic (exact) mass is 252 g/mol. The standard InChI is InChI=1S/C14H21FN2O/c1-9(2)17-14(18)11(4)16-8-12-6-5-10(3)13(15)7-12/h5-7,9,11,16H,8H2,1-4H3,(H,17,18). The summed E-state index contributed by atoms with van der Waals surface area (Å²) in [6.45, 7) is 7.83. The second kappa shape index (κ2) is 6.50. The van der Waals surface area contributed by atoms with Crippen LogP contribution in [0.5, 0.6) is 0 Å². The van der Waals surface area contributed by atoms with Crippen molar-refractivity contribution in [3.8, 4) is 0 Å². The molecule has 2 N–H and O–H groups in total. The third-order valence-electron chi connectivity index (χ3n) is 2.67. The van der Waals surface area contributed by atoms with E-state index in [0.717, 1.165) is 5.56 Å². The van der Waals surface area contributed by atoms with Gasteiger partial charge in [0.25, 0.3) is 0 Å². The molecule has 1 aromatic rings. The quantitative estimate of drug-likeness (QED) is 0.843. The number of rotatable bonds is 5. The first-order valence-corrected chi connectivity index (χ1v) is 6.19. The van der Waals surface area contributed by atoms with Gasteiger partial charge >= 0.3 is 0 Å². The molecule has 0 aliphatic heterocycles. The molecular weight excluding hydrogens is 231 g/mol. The van der Waals surface area contributed by atoms with Gasteiger partial charge in [0, 0.05) is 12.6 Å². The first kappa shape index (κ1) is 14.6. The first-order chi connectivity index (χ1) is 8.40. The minimum atomic E-state index is -0.295. The van der Waals surface area contributed by atoms with E-state index in [1.54, 1.807) is 19.9 Å². The van der Waals surface area contributed by atoms with Crippen LogP contribution in [0.4, 0.5) is 4.39 Å². The van der Waals surface area contributed by atoms with Crippen molar-refractivity contribution < 1.29 is 9.18 Å². The summed E-state index contributed by atoms with van der Waals surface area (Å²) in [4.78, 5) is 11.6. The zero-order valence-corrected chi connectivity index (χ0v) is 11.4.